The Morgan fingerprint density at radius 2 is 2.08 bits per heavy atom. The predicted octanol–water partition coefficient (Wildman–Crippen LogP) is 3.36. The summed E-state index contributed by atoms with van der Waals surface area (Å²) in [4.78, 5) is 0. The average Bonchev–Trinajstić information content (AvgIpc) is 3.11. The van der Waals surface area contributed by atoms with Crippen molar-refractivity contribution < 1.29 is 14.9 Å². The summed E-state index contributed by atoms with van der Waals surface area (Å²) in [5, 5.41) is 21.4. The van der Waals surface area contributed by atoms with Gasteiger partial charge in [-0.3, -0.25) is 0 Å². The molecule has 0 amide bonds. The molecular weight excluding hydrogens is 300 g/mol. The minimum Gasteiger partial charge on any atom is -0.390 e. The first-order chi connectivity index (χ1) is 11.4. The molecule has 3 fully saturated rings. The van der Waals surface area contributed by atoms with Crippen LogP contribution in [-0.4, -0.2) is 33.6 Å². The van der Waals surface area contributed by atoms with Crippen LogP contribution in [0.3, 0.4) is 0 Å². The van der Waals surface area contributed by atoms with Crippen molar-refractivity contribution in [2.24, 2.45) is 23.2 Å². The Morgan fingerprint density at radius 1 is 1.25 bits per heavy atom. The zero-order valence-electron chi connectivity index (χ0n) is 14.9. The van der Waals surface area contributed by atoms with Crippen LogP contribution in [0.5, 0.6) is 0 Å². The van der Waals surface area contributed by atoms with E-state index in [1.807, 2.05) is 0 Å². The van der Waals surface area contributed by atoms with E-state index in [0.717, 1.165) is 44.9 Å². The van der Waals surface area contributed by atoms with Gasteiger partial charge in [0.05, 0.1) is 23.4 Å². The van der Waals surface area contributed by atoms with Gasteiger partial charge in [-0.05, 0) is 55.4 Å². The molecule has 4 unspecified atom stereocenters. The highest BCUT2D eigenvalue weighted by Crippen LogP contribution is 2.67. The maximum atomic E-state index is 10.8. The summed E-state index contributed by atoms with van der Waals surface area (Å²) in [6, 6.07) is 0. The number of hydrogen-bond donors (Lipinski definition) is 2. The van der Waals surface area contributed by atoms with Crippen LogP contribution in [0.25, 0.3) is 0 Å². The molecule has 2 saturated heterocycles. The van der Waals surface area contributed by atoms with E-state index in [2.05, 4.69) is 32.1 Å². The van der Waals surface area contributed by atoms with E-state index in [1.54, 1.807) is 0 Å². The molecule has 24 heavy (non-hydrogen) atoms. The fraction of sp³-hybridized carbons (Fsp3) is 0.810. The third-order valence-corrected chi connectivity index (χ3v) is 8.36. The summed E-state index contributed by atoms with van der Waals surface area (Å²) in [5.41, 5.74) is 1.34. The quantitative estimate of drug-likeness (QED) is 0.725. The average molecular weight is 330 g/mol. The molecule has 3 nitrogen and oxygen atoms in total. The molecule has 2 N–H and O–H groups in total. The van der Waals surface area contributed by atoms with Gasteiger partial charge in [0.15, 0.2) is 0 Å². The van der Waals surface area contributed by atoms with Crippen LogP contribution in [0.1, 0.15) is 58.8 Å². The molecule has 2 spiro atoms. The molecule has 1 saturated carbocycles. The first kappa shape index (κ1) is 15.6. The van der Waals surface area contributed by atoms with Crippen molar-refractivity contribution in [1.82, 2.24) is 0 Å². The van der Waals surface area contributed by atoms with Crippen molar-refractivity contribution in [1.29, 1.82) is 0 Å². The van der Waals surface area contributed by atoms with Crippen molar-refractivity contribution in [3.05, 3.63) is 23.8 Å². The van der Waals surface area contributed by atoms with Crippen LogP contribution >= 0.6 is 0 Å². The van der Waals surface area contributed by atoms with Crippen molar-refractivity contribution >= 4 is 0 Å². The molecule has 2 heterocycles. The molecule has 0 aromatic carbocycles. The molecule has 132 valence electrons. The second-order valence-electron chi connectivity index (χ2n) is 9.35. The predicted molar refractivity (Wildman–Crippen MR) is 92.4 cm³/mol. The molecule has 0 radical (unpaired) electrons. The number of rotatable bonds is 1. The Labute approximate surface area is 144 Å². The standard InChI is InChI=1S/C21H30O3/c1-3-13-12-20-9-10-21(24-20)14(11-15(20)18(23)17(13)22)6-8-19(2)7-4-5-16(19)21/h4,6-7,13,15-18,22-23H,3,5,8-12H2,1-2H3/t13-,15?,16?,17?,18+,19?,20+,21+/m0/s1. The highest BCUT2D eigenvalue weighted by molar-refractivity contribution is 5.37. The van der Waals surface area contributed by atoms with Gasteiger partial charge >= 0.3 is 0 Å². The second kappa shape index (κ2) is 4.75. The third-order valence-electron chi connectivity index (χ3n) is 8.36. The highest BCUT2D eigenvalue weighted by Gasteiger charge is 2.68. The fourth-order valence-electron chi connectivity index (χ4n) is 7.00. The summed E-state index contributed by atoms with van der Waals surface area (Å²) < 4.78 is 7.03. The van der Waals surface area contributed by atoms with E-state index in [-0.39, 0.29) is 28.5 Å². The minimum atomic E-state index is -0.643. The van der Waals surface area contributed by atoms with Crippen LogP contribution in [0.15, 0.2) is 23.8 Å². The topological polar surface area (TPSA) is 49.7 Å². The van der Waals surface area contributed by atoms with Gasteiger partial charge in [0.2, 0.25) is 0 Å². The van der Waals surface area contributed by atoms with E-state index in [4.69, 9.17) is 4.74 Å². The molecule has 2 bridgehead atoms. The maximum absolute atomic E-state index is 10.8. The van der Waals surface area contributed by atoms with Crippen molar-refractivity contribution in [2.45, 2.75) is 82.2 Å². The molecule has 2 aliphatic heterocycles. The van der Waals surface area contributed by atoms with E-state index in [0.29, 0.717) is 5.92 Å². The molecule has 0 aromatic heterocycles. The smallest absolute Gasteiger partial charge is 0.0939 e. The molecule has 5 rings (SSSR count). The third kappa shape index (κ3) is 1.69. The van der Waals surface area contributed by atoms with Crippen molar-refractivity contribution in [3.63, 3.8) is 0 Å². The first-order valence-corrected chi connectivity index (χ1v) is 9.88. The van der Waals surface area contributed by atoms with Gasteiger partial charge in [-0.15, -0.1) is 0 Å². The summed E-state index contributed by atoms with van der Waals surface area (Å²) >= 11 is 0. The molecule has 3 aliphatic carbocycles. The van der Waals surface area contributed by atoms with E-state index in [1.165, 1.54) is 5.57 Å². The lowest BCUT2D eigenvalue weighted by molar-refractivity contribution is -0.238. The summed E-state index contributed by atoms with van der Waals surface area (Å²) in [6.07, 6.45) is 13.0. The van der Waals surface area contributed by atoms with Gasteiger partial charge in [0, 0.05) is 11.8 Å². The van der Waals surface area contributed by atoms with Gasteiger partial charge in [-0.25, -0.2) is 0 Å². The fourth-order valence-corrected chi connectivity index (χ4v) is 7.00. The Balaban J connectivity index is 1.57. The Kier molecular flexibility index (Phi) is 3.09. The number of aliphatic hydroxyl groups is 2. The lowest BCUT2D eigenvalue weighted by Crippen LogP contribution is -2.62. The van der Waals surface area contributed by atoms with E-state index < -0.39 is 12.2 Å². The number of ether oxygens (including phenoxy) is 1. The lowest BCUT2D eigenvalue weighted by Gasteiger charge is -2.58. The van der Waals surface area contributed by atoms with Gasteiger partial charge in [-0.2, -0.15) is 0 Å². The van der Waals surface area contributed by atoms with Gasteiger partial charge in [0.1, 0.15) is 0 Å². The van der Waals surface area contributed by atoms with E-state index >= 15 is 0 Å². The lowest BCUT2D eigenvalue weighted by atomic mass is 9.58. The second-order valence-corrected chi connectivity index (χ2v) is 9.35. The molecule has 0 aromatic rings. The van der Waals surface area contributed by atoms with Gasteiger partial charge < -0.3 is 14.9 Å². The van der Waals surface area contributed by atoms with Crippen LogP contribution in [0.4, 0.5) is 0 Å². The Bertz CT molecular complexity index is 625. The molecule has 3 heteroatoms. The van der Waals surface area contributed by atoms with Crippen LogP contribution in [0.2, 0.25) is 0 Å². The number of allylic oxidation sites excluding steroid dienone is 3. The zero-order chi connectivity index (χ0) is 16.7. The minimum absolute atomic E-state index is 0.0656. The Morgan fingerprint density at radius 3 is 2.88 bits per heavy atom. The Hall–Kier alpha value is -0.640. The monoisotopic (exact) mass is 330 g/mol. The summed E-state index contributed by atoms with van der Waals surface area (Å²) in [5.74, 6) is 0.777. The van der Waals surface area contributed by atoms with Crippen LogP contribution in [0, 0.1) is 23.2 Å². The summed E-state index contributed by atoms with van der Waals surface area (Å²) in [7, 11) is 0. The van der Waals surface area contributed by atoms with Crippen LogP contribution in [-0.2, 0) is 4.74 Å². The van der Waals surface area contributed by atoms with Gasteiger partial charge in [-0.1, -0.05) is 38.5 Å². The van der Waals surface area contributed by atoms with Crippen molar-refractivity contribution in [2.75, 3.05) is 0 Å². The normalized spacial score (nSPS) is 58.0. The maximum Gasteiger partial charge on any atom is 0.0939 e. The van der Waals surface area contributed by atoms with Crippen molar-refractivity contribution in [3.8, 4) is 0 Å². The van der Waals surface area contributed by atoms with Crippen LogP contribution < -0.4 is 0 Å². The summed E-state index contributed by atoms with van der Waals surface area (Å²) in [6.45, 7) is 4.51. The first-order valence-electron chi connectivity index (χ1n) is 9.88. The molecule has 8 atom stereocenters. The molecule has 5 aliphatic rings. The largest absolute Gasteiger partial charge is 0.390 e. The number of fused-ring (bicyclic) bond motifs is 1. The number of hydrogen-bond acceptors (Lipinski definition) is 3. The molecular formula is C21H30O3. The number of aliphatic hydroxyl groups excluding tert-OH is 2. The van der Waals surface area contributed by atoms with Gasteiger partial charge in [0.25, 0.3) is 0 Å². The SMILES string of the molecule is CC[C@H]1C[C@@]23CC[C@@]4(O2)C(=CCC2(C)C=CCC24)CC3[C@@H](O)C1O. The highest BCUT2D eigenvalue weighted by atomic mass is 16.5. The zero-order valence-corrected chi connectivity index (χ0v) is 14.9. The van der Waals surface area contributed by atoms with E-state index in [9.17, 15) is 10.2 Å².